The third-order valence-electron chi connectivity index (χ3n) is 1.99. The smallest absolute Gasteiger partial charge is 0.125 e. The minimum atomic E-state index is -0.718. The average Bonchev–Trinajstić information content (AvgIpc) is 2.64. The van der Waals surface area contributed by atoms with Crippen LogP contribution in [-0.2, 0) is 0 Å². The Kier molecular flexibility index (Phi) is 2.25. The second-order valence-corrected chi connectivity index (χ2v) is 3.85. The van der Waals surface area contributed by atoms with Crippen LogP contribution >= 0.6 is 0 Å². The highest BCUT2D eigenvalue weighted by Gasteiger charge is 2.38. The van der Waals surface area contributed by atoms with Gasteiger partial charge in [0, 0.05) is 5.92 Å². The number of hydrogen-bond acceptors (Lipinski definition) is 1. The van der Waals surface area contributed by atoms with Crippen molar-refractivity contribution >= 4 is 0 Å². The van der Waals surface area contributed by atoms with Gasteiger partial charge in [-0.25, -0.2) is 0 Å². The molecule has 0 aromatic rings. The molecule has 0 amide bonds. The summed E-state index contributed by atoms with van der Waals surface area (Å²) in [6.45, 7) is 5.89. The van der Waals surface area contributed by atoms with Crippen molar-refractivity contribution < 1.29 is 5.11 Å². The summed E-state index contributed by atoms with van der Waals surface area (Å²) in [6.07, 6.45) is 2.28. The predicted octanol–water partition coefficient (Wildman–Crippen LogP) is 1.81. The third-order valence-corrected chi connectivity index (χ3v) is 1.99. The van der Waals surface area contributed by atoms with Gasteiger partial charge >= 0.3 is 0 Å². The molecular formula is C10H16O. The number of rotatable bonds is 1. The third kappa shape index (κ3) is 2.55. The first-order valence-corrected chi connectivity index (χ1v) is 4.27. The predicted molar refractivity (Wildman–Crippen MR) is 46.0 cm³/mol. The van der Waals surface area contributed by atoms with Gasteiger partial charge in [-0.2, -0.15) is 0 Å². The molecule has 62 valence electrons. The maximum atomic E-state index is 9.73. The fraction of sp³-hybridized carbons (Fsp3) is 0.800. The first kappa shape index (κ1) is 8.62. The van der Waals surface area contributed by atoms with Gasteiger partial charge in [-0.1, -0.05) is 25.7 Å². The summed E-state index contributed by atoms with van der Waals surface area (Å²) in [4.78, 5) is 0. The Morgan fingerprint density at radius 3 is 2.36 bits per heavy atom. The van der Waals surface area contributed by atoms with Gasteiger partial charge in [0.15, 0.2) is 0 Å². The molecule has 0 saturated heterocycles. The molecule has 11 heavy (non-hydrogen) atoms. The summed E-state index contributed by atoms with van der Waals surface area (Å²) in [6, 6.07) is 0. The molecule has 1 unspecified atom stereocenters. The highest BCUT2D eigenvalue weighted by Crippen LogP contribution is 2.38. The zero-order valence-electron chi connectivity index (χ0n) is 7.52. The molecule has 1 fully saturated rings. The average molecular weight is 152 g/mol. The van der Waals surface area contributed by atoms with Crippen LogP contribution in [0.2, 0.25) is 0 Å². The zero-order valence-corrected chi connectivity index (χ0v) is 7.52. The van der Waals surface area contributed by atoms with Gasteiger partial charge in [0.25, 0.3) is 0 Å². The van der Waals surface area contributed by atoms with Gasteiger partial charge in [-0.15, -0.1) is 0 Å². The summed E-state index contributed by atoms with van der Waals surface area (Å²) in [5.74, 6) is 6.73. The fourth-order valence-electron chi connectivity index (χ4n) is 1.04. The van der Waals surface area contributed by atoms with E-state index in [0.717, 1.165) is 12.8 Å². The standard InChI is InChI=1S/C10H16O/c1-8(2)6-7-10(3,11)9-4-5-9/h8-9,11H,4-5H2,1-3H3. The normalized spacial score (nSPS) is 22.3. The van der Waals surface area contributed by atoms with Crippen LogP contribution in [0.5, 0.6) is 0 Å². The van der Waals surface area contributed by atoms with Crippen LogP contribution in [0.15, 0.2) is 0 Å². The summed E-state index contributed by atoms with van der Waals surface area (Å²) in [5.41, 5.74) is -0.718. The lowest BCUT2D eigenvalue weighted by Gasteiger charge is -2.14. The van der Waals surface area contributed by atoms with Crippen LogP contribution in [0.25, 0.3) is 0 Å². The van der Waals surface area contributed by atoms with Crippen molar-refractivity contribution in [1.82, 2.24) is 0 Å². The van der Waals surface area contributed by atoms with Crippen LogP contribution in [0.1, 0.15) is 33.6 Å². The summed E-state index contributed by atoms with van der Waals surface area (Å²) >= 11 is 0. The SMILES string of the molecule is CC(C)C#CC(C)(O)C1CC1. The van der Waals surface area contributed by atoms with Crippen LogP contribution in [0, 0.1) is 23.7 Å². The minimum absolute atomic E-state index is 0.361. The van der Waals surface area contributed by atoms with E-state index in [9.17, 15) is 5.11 Å². The van der Waals surface area contributed by atoms with E-state index in [-0.39, 0.29) is 0 Å². The minimum Gasteiger partial charge on any atom is -0.378 e. The maximum Gasteiger partial charge on any atom is 0.125 e. The fourth-order valence-corrected chi connectivity index (χ4v) is 1.04. The van der Waals surface area contributed by atoms with Gasteiger partial charge in [0.1, 0.15) is 5.60 Å². The van der Waals surface area contributed by atoms with E-state index in [1.54, 1.807) is 0 Å². The first-order valence-electron chi connectivity index (χ1n) is 4.27. The molecule has 1 aliphatic rings. The second kappa shape index (κ2) is 2.87. The number of hydrogen-bond donors (Lipinski definition) is 1. The second-order valence-electron chi connectivity index (χ2n) is 3.85. The molecule has 0 bridgehead atoms. The van der Waals surface area contributed by atoms with Crippen LogP contribution in [0.3, 0.4) is 0 Å². The molecular weight excluding hydrogens is 136 g/mol. The summed E-state index contributed by atoms with van der Waals surface area (Å²) in [5, 5.41) is 9.73. The Bertz CT molecular complexity index is 189. The van der Waals surface area contributed by atoms with Gasteiger partial charge in [0.2, 0.25) is 0 Å². The first-order chi connectivity index (χ1) is 5.02. The lowest BCUT2D eigenvalue weighted by atomic mass is 10.0. The van der Waals surface area contributed by atoms with Crippen LogP contribution in [0.4, 0.5) is 0 Å². The van der Waals surface area contributed by atoms with Crippen molar-refractivity contribution in [3.05, 3.63) is 0 Å². The van der Waals surface area contributed by atoms with E-state index in [1.807, 2.05) is 20.8 Å². The molecule has 0 aliphatic heterocycles. The molecule has 1 aliphatic carbocycles. The Balaban J connectivity index is 2.52. The molecule has 0 heterocycles. The molecule has 0 radical (unpaired) electrons. The van der Waals surface area contributed by atoms with Gasteiger partial charge in [-0.3, -0.25) is 0 Å². The van der Waals surface area contributed by atoms with E-state index in [1.165, 1.54) is 0 Å². The molecule has 1 rings (SSSR count). The van der Waals surface area contributed by atoms with Crippen molar-refractivity contribution in [3.8, 4) is 11.8 Å². The highest BCUT2D eigenvalue weighted by molar-refractivity contribution is 5.17. The monoisotopic (exact) mass is 152 g/mol. The summed E-state index contributed by atoms with van der Waals surface area (Å²) in [7, 11) is 0. The molecule has 1 atom stereocenters. The topological polar surface area (TPSA) is 20.2 Å². The van der Waals surface area contributed by atoms with E-state index in [2.05, 4.69) is 11.8 Å². The molecule has 1 N–H and O–H groups in total. The van der Waals surface area contributed by atoms with E-state index < -0.39 is 5.60 Å². The van der Waals surface area contributed by atoms with Gasteiger partial charge in [-0.05, 0) is 25.7 Å². The largest absolute Gasteiger partial charge is 0.378 e. The van der Waals surface area contributed by atoms with Crippen molar-refractivity contribution in [2.45, 2.75) is 39.2 Å². The van der Waals surface area contributed by atoms with Crippen molar-refractivity contribution in [2.24, 2.45) is 11.8 Å². The van der Waals surface area contributed by atoms with Crippen molar-refractivity contribution in [3.63, 3.8) is 0 Å². The summed E-state index contributed by atoms with van der Waals surface area (Å²) < 4.78 is 0. The van der Waals surface area contributed by atoms with Crippen molar-refractivity contribution in [2.75, 3.05) is 0 Å². The Morgan fingerprint density at radius 2 is 2.00 bits per heavy atom. The molecule has 1 saturated carbocycles. The van der Waals surface area contributed by atoms with Crippen molar-refractivity contribution in [1.29, 1.82) is 0 Å². The molecule has 0 aromatic heterocycles. The van der Waals surface area contributed by atoms with Gasteiger partial charge in [0.05, 0.1) is 0 Å². The molecule has 0 aromatic carbocycles. The van der Waals surface area contributed by atoms with E-state index in [4.69, 9.17) is 0 Å². The molecule has 1 heteroatoms. The highest BCUT2D eigenvalue weighted by atomic mass is 16.3. The van der Waals surface area contributed by atoms with Gasteiger partial charge < -0.3 is 5.11 Å². The lowest BCUT2D eigenvalue weighted by molar-refractivity contribution is 0.0978. The van der Waals surface area contributed by atoms with Crippen LogP contribution < -0.4 is 0 Å². The lowest BCUT2D eigenvalue weighted by Crippen LogP contribution is -2.24. The van der Waals surface area contributed by atoms with E-state index >= 15 is 0 Å². The maximum absolute atomic E-state index is 9.73. The van der Waals surface area contributed by atoms with Crippen LogP contribution in [-0.4, -0.2) is 10.7 Å². The Hall–Kier alpha value is -0.480. The zero-order chi connectivity index (χ0) is 8.48. The molecule has 0 spiro atoms. The molecule has 1 nitrogen and oxygen atoms in total. The quantitative estimate of drug-likeness (QED) is 0.568. The van der Waals surface area contributed by atoms with E-state index in [0.29, 0.717) is 11.8 Å². The number of aliphatic hydroxyl groups is 1. The Labute approximate surface area is 68.8 Å². The Morgan fingerprint density at radius 1 is 1.45 bits per heavy atom.